The SMILES string of the molecule is CCC(CO)N1CCN(CCC(=O)Nc2ccc(C#N)cc2)CC1. The van der Waals surface area contributed by atoms with E-state index in [1.165, 1.54) is 0 Å². The van der Waals surface area contributed by atoms with Crippen LogP contribution in [0.15, 0.2) is 24.3 Å². The maximum absolute atomic E-state index is 12.0. The van der Waals surface area contributed by atoms with Gasteiger partial charge in [-0.2, -0.15) is 5.26 Å². The molecular weight excluding hydrogens is 304 g/mol. The number of aliphatic hydroxyl groups is 1. The summed E-state index contributed by atoms with van der Waals surface area (Å²) in [4.78, 5) is 16.6. The lowest BCUT2D eigenvalue weighted by molar-refractivity contribution is -0.116. The highest BCUT2D eigenvalue weighted by Gasteiger charge is 2.22. The number of nitrogens with zero attached hydrogens (tertiary/aromatic N) is 3. The average Bonchev–Trinajstić information content (AvgIpc) is 2.63. The van der Waals surface area contributed by atoms with Gasteiger partial charge in [-0.15, -0.1) is 0 Å². The van der Waals surface area contributed by atoms with Crippen molar-refractivity contribution in [2.75, 3.05) is 44.6 Å². The Bertz CT molecular complexity index is 555. The predicted octanol–water partition coefficient (Wildman–Crippen LogP) is 1.28. The molecule has 24 heavy (non-hydrogen) atoms. The molecule has 2 rings (SSSR count). The van der Waals surface area contributed by atoms with E-state index in [1.807, 2.05) is 0 Å². The fourth-order valence-corrected chi connectivity index (χ4v) is 2.97. The van der Waals surface area contributed by atoms with Crippen LogP contribution in [0.2, 0.25) is 0 Å². The highest BCUT2D eigenvalue weighted by molar-refractivity contribution is 5.90. The molecule has 1 aliphatic heterocycles. The van der Waals surface area contributed by atoms with Crippen molar-refractivity contribution in [1.29, 1.82) is 5.26 Å². The van der Waals surface area contributed by atoms with Gasteiger partial charge in [-0.1, -0.05) is 6.92 Å². The molecule has 0 aliphatic carbocycles. The van der Waals surface area contributed by atoms with E-state index in [0.717, 1.165) is 44.8 Å². The van der Waals surface area contributed by atoms with Crippen molar-refractivity contribution in [3.63, 3.8) is 0 Å². The number of rotatable bonds is 7. The molecule has 1 fully saturated rings. The van der Waals surface area contributed by atoms with E-state index in [0.29, 0.717) is 12.0 Å². The fourth-order valence-electron chi connectivity index (χ4n) is 2.97. The third kappa shape index (κ3) is 5.31. The number of carbonyl (C=O) groups is 1. The molecule has 0 radical (unpaired) electrons. The van der Waals surface area contributed by atoms with Gasteiger partial charge in [0, 0.05) is 50.9 Å². The van der Waals surface area contributed by atoms with Crippen LogP contribution in [0.1, 0.15) is 25.3 Å². The minimum Gasteiger partial charge on any atom is -0.395 e. The van der Waals surface area contributed by atoms with Crippen LogP contribution >= 0.6 is 0 Å². The van der Waals surface area contributed by atoms with Gasteiger partial charge >= 0.3 is 0 Å². The summed E-state index contributed by atoms with van der Waals surface area (Å²) < 4.78 is 0. The lowest BCUT2D eigenvalue weighted by Gasteiger charge is -2.38. The molecule has 1 atom stereocenters. The molecule has 0 saturated carbocycles. The summed E-state index contributed by atoms with van der Waals surface area (Å²) in [7, 11) is 0. The minimum atomic E-state index is -0.0102. The number of piperazine rings is 1. The molecular formula is C18H26N4O2. The first-order valence-electron chi connectivity index (χ1n) is 8.53. The van der Waals surface area contributed by atoms with Crippen LogP contribution in [0.4, 0.5) is 5.69 Å². The molecule has 1 aliphatic rings. The molecule has 0 bridgehead atoms. The third-order valence-corrected chi connectivity index (χ3v) is 4.56. The Morgan fingerprint density at radius 2 is 1.96 bits per heavy atom. The van der Waals surface area contributed by atoms with Crippen molar-refractivity contribution in [2.45, 2.75) is 25.8 Å². The van der Waals surface area contributed by atoms with Crippen molar-refractivity contribution < 1.29 is 9.90 Å². The number of aliphatic hydroxyl groups excluding tert-OH is 1. The highest BCUT2D eigenvalue weighted by Crippen LogP contribution is 2.11. The van der Waals surface area contributed by atoms with Crippen molar-refractivity contribution in [2.24, 2.45) is 0 Å². The normalized spacial score (nSPS) is 17.2. The Kier molecular flexibility index (Phi) is 7.19. The average molecular weight is 330 g/mol. The molecule has 1 aromatic rings. The van der Waals surface area contributed by atoms with E-state index in [2.05, 4.69) is 28.1 Å². The van der Waals surface area contributed by atoms with Crippen molar-refractivity contribution in [3.8, 4) is 6.07 Å². The molecule has 6 nitrogen and oxygen atoms in total. The monoisotopic (exact) mass is 330 g/mol. The van der Waals surface area contributed by atoms with Crippen LogP contribution in [-0.2, 0) is 4.79 Å². The van der Waals surface area contributed by atoms with Crippen LogP contribution in [0.5, 0.6) is 0 Å². The van der Waals surface area contributed by atoms with E-state index in [9.17, 15) is 9.90 Å². The number of amides is 1. The molecule has 130 valence electrons. The standard InChI is InChI=1S/C18H26N4O2/c1-2-17(14-23)22-11-9-21(10-12-22)8-7-18(24)20-16-5-3-15(13-19)4-6-16/h3-6,17,23H,2,7-12,14H2,1H3,(H,20,24). The van der Waals surface area contributed by atoms with Gasteiger partial charge < -0.3 is 15.3 Å². The molecule has 0 spiro atoms. The fraction of sp³-hybridized carbons (Fsp3) is 0.556. The number of benzene rings is 1. The number of hydrogen-bond donors (Lipinski definition) is 2. The van der Waals surface area contributed by atoms with E-state index in [1.54, 1.807) is 24.3 Å². The van der Waals surface area contributed by atoms with Crippen molar-refractivity contribution in [1.82, 2.24) is 9.80 Å². The van der Waals surface area contributed by atoms with Gasteiger partial charge in [0.15, 0.2) is 0 Å². The molecule has 2 N–H and O–H groups in total. The second kappa shape index (κ2) is 9.38. The van der Waals surface area contributed by atoms with Gasteiger partial charge in [-0.05, 0) is 30.7 Å². The Morgan fingerprint density at radius 3 is 2.50 bits per heavy atom. The highest BCUT2D eigenvalue weighted by atomic mass is 16.3. The maximum atomic E-state index is 12.0. The van der Waals surface area contributed by atoms with Crippen LogP contribution in [0.3, 0.4) is 0 Å². The van der Waals surface area contributed by atoms with E-state index in [4.69, 9.17) is 5.26 Å². The zero-order chi connectivity index (χ0) is 17.4. The van der Waals surface area contributed by atoms with Crippen molar-refractivity contribution >= 4 is 11.6 Å². The van der Waals surface area contributed by atoms with Gasteiger partial charge in [-0.25, -0.2) is 0 Å². The Balaban J connectivity index is 1.70. The maximum Gasteiger partial charge on any atom is 0.225 e. The number of nitriles is 1. The Morgan fingerprint density at radius 1 is 1.29 bits per heavy atom. The van der Waals surface area contributed by atoms with E-state index >= 15 is 0 Å². The van der Waals surface area contributed by atoms with Crippen LogP contribution in [0, 0.1) is 11.3 Å². The first kappa shape index (κ1) is 18.4. The van der Waals surface area contributed by atoms with Crippen molar-refractivity contribution in [3.05, 3.63) is 29.8 Å². The summed E-state index contributed by atoms with van der Waals surface area (Å²) >= 11 is 0. The van der Waals surface area contributed by atoms with Gasteiger partial charge in [0.25, 0.3) is 0 Å². The van der Waals surface area contributed by atoms with Gasteiger partial charge in [-0.3, -0.25) is 9.69 Å². The number of nitrogens with one attached hydrogen (secondary N) is 1. The smallest absolute Gasteiger partial charge is 0.225 e. The molecule has 1 amide bonds. The zero-order valence-electron chi connectivity index (χ0n) is 14.2. The second-order valence-electron chi connectivity index (χ2n) is 6.11. The van der Waals surface area contributed by atoms with Gasteiger partial charge in [0.2, 0.25) is 5.91 Å². The summed E-state index contributed by atoms with van der Waals surface area (Å²) in [6.07, 6.45) is 1.42. The lowest BCUT2D eigenvalue weighted by atomic mass is 10.1. The first-order chi connectivity index (χ1) is 11.7. The third-order valence-electron chi connectivity index (χ3n) is 4.56. The molecule has 0 aromatic heterocycles. The topological polar surface area (TPSA) is 79.6 Å². The summed E-state index contributed by atoms with van der Waals surface area (Å²) in [5.41, 5.74) is 1.30. The quantitative estimate of drug-likeness (QED) is 0.787. The summed E-state index contributed by atoms with van der Waals surface area (Å²) in [5.74, 6) is -0.0102. The summed E-state index contributed by atoms with van der Waals surface area (Å²) in [6, 6.07) is 9.19. The van der Waals surface area contributed by atoms with Crippen LogP contribution in [0.25, 0.3) is 0 Å². The predicted molar refractivity (Wildman–Crippen MR) is 93.6 cm³/mol. The Labute approximate surface area is 143 Å². The lowest BCUT2D eigenvalue weighted by Crippen LogP contribution is -2.51. The number of carbonyl (C=O) groups excluding carboxylic acids is 1. The minimum absolute atomic E-state index is 0.0102. The molecule has 1 aromatic carbocycles. The van der Waals surface area contributed by atoms with E-state index < -0.39 is 0 Å². The van der Waals surface area contributed by atoms with E-state index in [-0.39, 0.29) is 18.6 Å². The number of hydrogen-bond acceptors (Lipinski definition) is 5. The first-order valence-corrected chi connectivity index (χ1v) is 8.53. The molecule has 1 unspecified atom stereocenters. The van der Waals surface area contributed by atoms with Crippen LogP contribution < -0.4 is 5.32 Å². The molecule has 6 heteroatoms. The second-order valence-corrected chi connectivity index (χ2v) is 6.11. The molecule has 1 saturated heterocycles. The Hall–Kier alpha value is -1.94. The summed E-state index contributed by atoms with van der Waals surface area (Å²) in [5, 5.41) is 21.0. The molecule has 1 heterocycles. The summed E-state index contributed by atoms with van der Waals surface area (Å²) in [6.45, 7) is 6.80. The van der Waals surface area contributed by atoms with Gasteiger partial charge in [0.05, 0.1) is 18.2 Å². The van der Waals surface area contributed by atoms with Gasteiger partial charge in [0.1, 0.15) is 0 Å². The largest absolute Gasteiger partial charge is 0.395 e. The zero-order valence-corrected chi connectivity index (χ0v) is 14.2. The number of anilines is 1. The van der Waals surface area contributed by atoms with Crippen LogP contribution in [-0.4, -0.2) is 66.2 Å².